The number of rotatable bonds is 8. The standard InChI is InChI=1S/C29H22BrCl2N3O8S/c1-5-42-28(37)25-13(2)33-29-34(26(25)15-10-22(40-3)23(41-4)11-17(15)30)27(36)24(44-29)8-14-6-7-21(43-14)16-9-19(32)20(35(38)39)12-18(16)31/h6-12,26H,5H2,1-4H3/b24-8+. The first-order chi connectivity index (χ1) is 21.0. The van der Waals surface area contributed by atoms with Crippen molar-refractivity contribution in [3.63, 3.8) is 0 Å². The fraction of sp³-hybridized carbons (Fsp3) is 0.207. The molecule has 1 unspecified atom stereocenters. The molecule has 2 aromatic carbocycles. The van der Waals surface area contributed by atoms with Crippen LogP contribution in [0.25, 0.3) is 17.4 Å². The molecule has 0 bridgehead atoms. The molecule has 1 atom stereocenters. The Morgan fingerprint density at radius 1 is 1.18 bits per heavy atom. The number of carbonyl (C=O) groups is 1. The number of halogens is 3. The summed E-state index contributed by atoms with van der Waals surface area (Å²) in [5, 5.41) is 11.2. The van der Waals surface area contributed by atoms with Gasteiger partial charge < -0.3 is 18.6 Å². The summed E-state index contributed by atoms with van der Waals surface area (Å²) >= 11 is 17.1. The molecule has 1 aliphatic heterocycles. The van der Waals surface area contributed by atoms with Gasteiger partial charge in [0.15, 0.2) is 16.3 Å². The number of aromatic nitrogens is 1. The number of nitro benzene ring substituents is 1. The third kappa shape index (κ3) is 5.68. The van der Waals surface area contributed by atoms with Crippen LogP contribution in [0.1, 0.15) is 31.2 Å². The maximum atomic E-state index is 14.0. The van der Waals surface area contributed by atoms with E-state index in [0.29, 0.717) is 49.1 Å². The van der Waals surface area contributed by atoms with E-state index in [-0.39, 0.29) is 32.4 Å². The molecule has 15 heteroatoms. The molecule has 3 heterocycles. The topological polar surface area (TPSA) is 135 Å². The molecule has 1 aliphatic rings. The second-order valence-electron chi connectivity index (χ2n) is 9.27. The molecule has 4 aromatic rings. The fourth-order valence-corrected chi connectivity index (χ4v) is 6.78. The Kier molecular flexibility index (Phi) is 9.02. The van der Waals surface area contributed by atoms with E-state index >= 15 is 0 Å². The highest BCUT2D eigenvalue weighted by molar-refractivity contribution is 9.10. The average Bonchev–Trinajstić information content (AvgIpc) is 3.57. The smallest absolute Gasteiger partial charge is 0.338 e. The van der Waals surface area contributed by atoms with Gasteiger partial charge in [-0.05, 0) is 49.7 Å². The minimum absolute atomic E-state index is 0.0730. The van der Waals surface area contributed by atoms with Gasteiger partial charge in [0.2, 0.25) is 0 Å². The highest BCUT2D eigenvalue weighted by Crippen LogP contribution is 2.41. The zero-order chi connectivity index (χ0) is 31.9. The van der Waals surface area contributed by atoms with Gasteiger partial charge in [0.1, 0.15) is 16.5 Å². The summed E-state index contributed by atoms with van der Waals surface area (Å²) in [7, 11) is 3.00. The van der Waals surface area contributed by atoms with E-state index in [1.807, 2.05) is 0 Å². The van der Waals surface area contributed by atoms with E-state index in [2.05, 4.69) is 20.9 Å². The number of hydrogen-bond donors (Lipinski definition) is 0. The minimum atomic E-state index is -0.908. The molecule has 5 rings (SSSR count). The van der Waals surface area contributed by atoms with Crippen LogP contribution in [0.5, 0.6) is 11.5 Å². The number of nitro groups is 1. The Hall–Kier alpha value is -3.91. The van der Waals surface area contributed by atoms with E-state index in [0.717, 1.165) is 17.4 Å². The zero-order valence-corrected chi connectivity index (χ0v) is 27.4. The summed E-state index contributed by atoms with van der Waals surface area (Å²) < 4.78 is 24.5. The van der Waals surface area contributed by atoms with Crippen LogP contribution >= 0.6 is 50.5 Å². The first-order valence-corrected chi connectivity index (χ1v) is 15.2. The minimum Gasteiger partial charge on any atom is -0.493 e. The Labute approximate surface area is 271 Å². The van der Waals surface area contributed by atoms with Crippen molar-refractivity contribution in [3.8, 4) is 22.8 Å². The van der Waals surface area contributed by atoms with Crippen molar-refractivity contribution >= 4 is 68.2 Å². The number of fused-ring (bicyclic) bond motifs is 1. The molecule has 44 heavy (non-hydrogen) atoms. The van der Waals surface area contributed by atoms with Crippen LogP contribution < -0.4 is 24.4 Å². The summed E-state index contributed by atoms with van der Waals surface area (Å²) in [5.74, 6) is 0.846. The van der Waals surface area contributed by atoms with Crippen molar-refractivity contribution in [2.24, 2.45) is 4.99 Å². The lowest BCUT2D eigenvalue weighted by Crippen LogP contribution is -2.40. The van der Waals surface area contributed by atoms with Gasteiger partial charge >= 0.3 is 5.97 Å². The monoisotopic (exact) mass is 721 g/mol. The van der Waals surface area contributed by atoms with Crippen molar-refractivity contribution < 1.29 is 28.3 Å². The third-order valence-electron chi connectivity index (χ3n) is 6.71. The molecule has 11 nitrogen and oxygen atoms in total. The van der Waals surface area contributed by atoms with Gasteiger partial charge in [-0.3, -0.25) is 19.5 Å². The molecule has 0 spiro atoms. The number of methoxy groups -OCH3 is 2. The summed E-state index contributed by atoms with van der Waals surface area (Å²) in [4.78, 5) is 42.7. The van der Waals surface area contributed by atoms with Crippen LogP contribution in [0.4, 0.5) is 5.69 Å². The van der Waals surface area contributed by atoms with Gasteiger partial charge in [0.25, 0.3) is 11.2 Å². The molecule has 2 aromatic heterocycles. The number of ether oxygens (including phenoxy) is 3. The Morgan fingerprint density at radius 3 is 2.55 bits per heavy atom. The Bertz CT molecular complexity index is 2050. The van der Waals surface area contributed by atoms with Gasteiger partial charge in [0, 0.05) is 22.2 Å². The summed E-state index contributed by atoms with van der Waals surface area (Å²) in [5.41, 5.74) is 0.733. The van der Waals surface area contributed by atoms with Crippen molar-refractivity contribution in [1.82, 2.24) is 4.57 Å². The number of hydrogen-bond acceptors (Lipinski definition) is 10. The SMILES string of the molecule is CCOC(=O)C1=C(C)N=c2s/c(=C/c3ccc(-c4cc(Cl)c([N+](=O)[O-])cc4Cl)o3)c(=O)n2C1c1cc(OC)c(OC)cc1Br. The van der Waals surface area contributed by atoms with Crippen molar-refractivity contribution in [3.05, 3.63) is 103 Å². The number of thiazole rings is 1. The molecule has 0 saturated heterocycles. The molecule has 0 fully saturated rings. The number of furan rings is 1. The van der Waals surface area contributed by atoms with E-state index in [1.165, 1.54) is 24.9 Å². The number of allylic oxidation sites excluding steroid dienone is 1. The van der Waals surface area contributed by atoms with E-state index in [4.69, 9.17) is 41.8 Å². The molecular formula is C29H22BrCl2N3O8S. The van der Waals surface area contributed by atoms with Crippen molar-refractivity contribution in [2.45, 2.75) is 19.9 Å². The van der Waals surface area contributed by atoms with Crippen LogP contribution in [0.3, 0.4) is 0 Å². The third-order valence-corrected chi connectivity index (χ3v) is 9.00. The lowest BCUT2D eigenvalue weighted by molar-refractivity contribution is -0.384. The van der Waals surface area contributed by atoms with Gasteiger partial charge in [-0.25, -0.2) is 9.79 Å². The number of benzene rings is 2. The Morgan fingerprint density at radius 2 is 1.89 bits per heavy atom. The van der Waals surface area contributed by atoms with Crippen molar-refractivity contribution in [2.75, 3.05) is 20.8 Å². The highest BCUT2D eigenvalue weighted by atomic mass is 79.9. The maximum Gasteiger partial charge on any atom is 0.338 e. The molecule has 0 aliphatic carbocycles. The molecule has 0 saturated carbocycles. The lowest BCUT2D eigenvalue weighted by Gasteiger charge is -2.26. The highest BCUT2D eigenvalue weighted by Gasteiger charge is 2.35. The van der Waals surface area contributed by atoms with Gasteiger partial charge in [-0.2, -0.15) is 0 Å². The first-order valence-electron chi connectivity index (χ1n) is 12.8. The maximum absolute atomic E-state index is 14.0. The van der Waals surface area contributed by atoms with E-state index < -0.39 is 22.5 Å². The normalized spacial score (nSPS) is 14.7. The summed E-state index contributed by atoms with van der Waals surface area (Å²) in [6.07, 6.45) is 1.54. The van der Waals surface area contributed by atoms with Crippen LogP contribution in [0, 0.1) is 10.1 Å². The number of esters is 1. The second kappa shape index (κ2) is 12.6. The quantitative estimate of drug-likeness (QED) is 0.122. The second-order valence-corrected chi connectivity index (χ2v) is 12.0. The molecule has 0 radical (unpaired) electrons. The molecule has 0 amide bonds. The largest absolute Gasteiger partial charge is 0.493 e. The van der Waals surface area contributed by atoms with Crippen molar-refractivity contribution in [1.29, 1.82) is 0 Å². The zero-order valence-electron chi connectivity index (χ0n) is 23.5. The average molecular weight is 723 g/mol. The van der Waals surface area contributed by atoms with Gasteiger partial charge in [0.05, 0.1) is 52.6 Å². The first kappa shape index (κ1) is 31.5. The summed E-state index contributed by atoms with van der Waals surface area (Å²) in [6.45, 7) is 3.51. The number of nitrogens with zero attached hydrogens (tertiary/aromatic N) is 3. The molecule has 228 valence electrons. The molecular weight excluding hydrogens is 701 g/mol. The van der Waals surface area contributed by atoms with E-state index in [9.17, 15) is 19.7 Å². The lowest BCUT2D eigenvalue weighted by atomic mass is 9.95. The predicted molar refractivity (Wildman–Crippen MR) is 168 cm³/mol. The fourth-order valence-electron chi connectivity index (χ4n) is 4.73. The number of carbonyl (C=O) groups excluding carboxylic acids is 1. The van der Waals surface area contributed by atoms with Crippen LogP contribution in [0.2, 0.25) is 10.0 Å². The van der Waals surface area contributed by atoms with Crippen LogP contribution in [-0.4, -0.2) is 36.3 Å². The Balaban J connectivity index is 1.66. The van der Waals surface area contributed by atoms with E-state index in [1.54, 1.807) is 44.2 Å². The van der Waals surface area contributed by atoms with Crippen LogP contribution in [-0.2, 0) is 9.53 Å². The van der Waals surface area contributed by atoms with Gasteiger partial charge in [-0.15, -0.1) is 0 Å². The predicted octanol–water partition coefficient (Wildman–Crippen LogP) is 6.05. The summed E-state index contributed by atoms with van der Waals surface area (Å²) in [6, 6.07) is 8.21. The van der Waals surface area contributed by atoms with Gasteiger partial charge in [-0.1, -0.05) is 50.5 Å². The van der Waals surface area contributed by atoms with Crippen LogP contribution in [0.15, 0.2) is 66.3 Å². The molecule has 0 N–H and O–H groups in total.